The van der Waals surface area contributed by atoms with Crippen molar-refractivity contribution >= 4 is 12.1 Å². The normalized spacial score (nSPS) is 11.9. The summed E-state index contributed by atoms with van der Waals surface area (Å²) in [5.74, 6) is -2.04. The molecular formula is C31H33F4NO8. The van der Waals surface area contributed by atoms with E-state index in [2.05, 4.69) is 4.74 Å². The smallest absolute Gasteiger partial charge is 0.492 e. The Hall–Kier alpha value is -4.36. The molecule has 0 spiro atoms. The van der Waals surface area contributed by atoms with Crippen LogP contribution in [0.2, 0.25) is 0 Å². The van der Waals surface area contributed by atoms with Gasteiger partial charge in [0.2, 0.25) is 0 Å². The van der Waals surface area contributed by atoms with E-state index < -0.39 is 36.0 Å². The van der Waals surface area contributed by atoms with Gasteiger partial charge in [0.05, 0.1) is 13.2 Å². The fourth-order valence-electron chi connectivity index (χ4n) is 3.95. The number of rotatable bonds is 17. The van der Waals surface area contributed by atoms with E-state index in [1.54, 1.807) is 43.3 Å². The number of ether oxygens (including phenoxy) is 5. The molecule has 3 aromatic rings. The molecular weight excluding hydrogens is 590 g/mol. The first-order chi connectivity index (χ1) is 21.0. The summed E-state index contributed by atoms with van der Waals surface area (Å²) in [4.78, 5) is 25.6. The van der Waals surface area contributed by atoms with Crippen LogP contribution in [-0.4, -0.2) is 67.4 Å². The first-order valence-corrected chi connectivity index (χ1v) is 13.7. The van der Waals surface area contributed by atoms with Crippen LogP contribution in [0.25, 0.3) is 0 Å². The number of alkyl halides is 3. The molecule has 0 bridgehead atoms. The van der Waals surface area contributed by atoms with E-state index in [1.807, 2.05) is 0 Å². The number of aliphatic carboxylic acids is 1. The molecule has 3 aromatic carbocycles. The molecule has 0 fully saturated rings. The summed E-state index contributed by atoms with van der Waals surface area (Å²) in [7, 11) is 0. The number of nitrogens with zero attached hydrogens (tertiary/aromatic N) is 1. The SMILES string of the molecule is CCOC(Cc1ccc(OCCN(CCCOCc2ccc(F)cc2)C(=O)Oc2ccccc2OC(F)(F)F)cc1)C(=O)O. The van der Waals surface area contributed by atoms with Gasteiger partial charge in [-0.05, 0) is 60.9 Å². The summed E-state index contributed by atoms with van der Waals surface area (Å²) in [5.41, 5.74) is 1.49. The molecule has 13 heteroatoms. The lowest BCUT2D eigenvalue weighted by Gasteiger charge is -2.23. The first-order valence-electron chi connectivity index (χ1n) is 13.7. The highest BCUT2D eigenvalue weighted by Crippen LogP contribution is 2.32. The molecule has 0 saturated heterocycles. The summed E-state index contributed by atoms with van der Waals surface area (Å²) in [6.07, 6.45) is -6.35. The van der Waals surface area contributed by atoms with E-state index in [-0.39, 0.29) is 51.8 Å². The first kappa shape index (κ1) is 34.1. The zero-order valence-electron chi connectivity index (χ0n) is 23.9. The Morgan fingerprint density at radius 2 is 1.55 bits per heavy atom. The monoisotopic (exact) mass is 623 g/mol. The quantitative estimate of drug-likeness (QED) is 0.139. The van der Waals surface area contributed by atoms with Crippen molar-refractivity contribution in [2.24, 2.45) is 0 Å². The number of para-hydroxylation sites is 2. The number of benzene rings is 3. The van der Waals surface area contributed by atoms with Gasteiger partial charge in [-0.25, -0.2) is 14.0 Å². The fraction of sp³-hybridized carbons (Fsp3) is 0.355. The third kappa shape index (κ3) is 12.1. The number of halogens is 4. The molecule has 44 heavy (non-hydrogen) atoms. The predicted octanol–water partition coefficient (Wildman–Crippen LogP) is 6.24. The maximum Gasteiger partial charge on any atom is 0.573 e. The summed E-state index contributed by atoms with van der Waals surface area (Å²) in [5, 5.41) is 9.27. The summed E-state index contributed by atoms with van der Waals surface area (Å²) < 4.78 is 77.4. The van der Waals surface area contributed by atoms with Crippen LogP contribution in [0.1, 0.15) is 24.5 Å². The van der Waals surface area contributed by atoms with Crippen LogP contribution in [-0.2, 0) is 27.3 Å². The van der Waals surface area contributed by atoms with Crippen molar-refractivity contribution in [2.45, 2.75) is 38.8 Å². The second-order valence-corrected chi connectivity index (χ2v) is 9.36. The van der Waals surface area contributed by atoms with Crippen LogP contribution in [0, 0.1) is 5.82 Å². The average molecular weight is 624 g/mol. The third-order valence-electron chi connectivity index (χ3n) is 6.05. The maximum atomic E-state index is 13.1. The molecule has 3 rings (SSSR count). The number of carbonyl (C=O) groups is 2. The molecule has 0 heterocycles. The van der Waals surface area contributed by atoms with E-state index in [1.165, 1.54) is 35.2 Å². The van der Waals surface area contributed by atoms with Crippen molar-refractivity contribution < 1.29 is 55.9 Å². The number of amides is 1. The van der Waals surface area contributed by atoms with E-state index in [0.29, 0.717) is 12.2 Å². The summed E-state index contributed by atoms with van der Waals surface area (Å²) in [6, 6.07) is 17.4. The molecule has 0 saturated carbocycles. The Morgan fingerprint density at radius 1 is 0.886 bits per heavy atom. The third-order valence-corrected chi connectivity index (χ3v) is 6.05. The van der Waals surface area contributed by atoms with Gasteiger partial charge >= 0.3 is 18.4 Å². The molecule has 0 aliphatic carbocycles. The van der Waals surface area contributed by atoms with Gasteiger partial charge in [-0.1, -0.05) is 36.4 Å². The van der Waals surface area contributed by atoms with Crippen molar-refractivity contribution in [2.75, 3.05) is 32.9 Å². The van der Waals surface area contributed by atoms with E-state index in [9.17, 15) is 32.3 Å². The maximum absolute atomic E-state index is 13.1. The molecule has 9 nitrogen and oxygen atoms in total. The van der Waals surface area contributed by atoms with Crippen LogP contribution in [0.5, 0.6) is 17.2 Å². The van der Waals surface area contributed by atoms with Crippen molar-refractivity contribution in [3.8, 4) is 17.2 Å². The lowest BCUT2D eigenvalue weighted by atomic mass is 10.1. The van der Waals surface area contributed by atoms with Gasteiger partial charge in [0.1, 0.15) is 18.2 Å². The van der Waals surface area contributed by atoms with Crippen molar-refractivity contribution in [3.63, 3.8) is 0 Å². The second-order valence-electron chi connectivity index (χ2n) is 9.36. The topological polar surface area (TPSA) is 104 Å². The zero-order valence-corrected chi connectivity index (χ0v) is 23.9. The summed E-state index contributed by atoms with van der Waals surface area (Å²) in [6.45, 7) is 2.59. The second kappa shape index (κ2) is 17.1. The Labute approximate surface area is 251 Å². The number of carboxylic acids is 1. The number of hydrogen-bond donors (Lipinski definition) is 1. The van der Waals surface area contributed by atoms with Gasteiger partial charge in [0.25, 0.3) is 0 Å². The van der Waals surface area contributed by atoms with Crippen LogP contribution in [0.15, 0.2) is 72.8 Å². The van der Waals surface area contributed by atoms with Gasteiger partial charge in [-0.2, -0.15) is 0 Å². The zero-order chi connectivity index (χ0) is 32.0. The highest BCUT2D eigenvalue weighted by Gasteiger charge is 2.33. The Bertz CT molecular complexity index is 1320. The standard InChI is InChI=1S/C31H33F4NO8/c1-2-41-28(29(37)38)20-22-10-14-25(15-11-22)42-19-17-36(16-5-18-40-21-23-8-12-24(32)13-9-23)30(39)43-26-6-3-4-7-27(26)44-31(33,34)35/h3-4,6-15,28H,2,5,16-21H2,1H3,(H,37,38). The van der Waals surface area contributed by atoms with Crippen molar-refractivity contribution in [1.82, 2.24) is 4.90 Å². The van der Waals surface area contributed by atoms with E-state index >= 15 is 0 Å². The van der Waals surface area contributed by atoms with Gasteiger partial charge in [0.15, 0.2) is 17.6 Å². The molecule has 1 amide bonds. The minimum absolute atomic E-state index is 0.0161. The lowest BCUT2D eigenvalue weighted by molar-refractivity contribution is -0.275. The van der Waals surface area contributed by atoms with Crippen LogP contribution in [0.4, 0.5) is 22.4 Å². The minimum Gasteiger partial charge on any atom is -0.492 e. The van der Waals surface area contributed by atoms with Crippen LogP contribution >= 0.6 is 0 Å². The van der Waals surface area contributed by atoms with Crippen molar-refractivity contribution in [3.05, 3.63) is 89.7 Å². The molecule has 1 N–H and O–H groups in total. The number of carboxylic acid groups (broad SMARTS) is 1. The van der Waals surface area contributed by atoms with Crippen LogP contribution in [0.3, 0.4) is 0 Å². The van der Waals surface area contributed by atoms with E-state index in [4.69, 9.17) is 18.9 Å². The molecule has 0 aliphatic heterocycles. The Morgan fingerprint density at radius 3 is 2.18 bits per heavy atom. The van der Waals surface area contributed by atoms with E-state index in [0.717, 1.165) is 17.2 Å². The molecule has 0 aromatic heterocycles. The lowest BCUT2D eigenvalue weighted by Crippen LogP contribution is -2.38. The fourth-order valence-corrected chi connectivity index (χ4v) is 3.95. The largest absolute Gasteiger partial charge is 0.573 e. The number of carbonyl (C=O) groups excluding carboxylic acids is 1. The van der Waals surface area contributed by atoms with Gasteiger partial charge < -0.3 is 33.7 Å². The summed E-state index contributed by atoms with van der Waals surface area (Å²) >= 11 is 0. The average Bonchev–Trinajstić information content (AvgIpc) is 2.97. The highest BCUT2D eigenvalue weighted by molar-refractivity contribution is 5.73. The highest BCUT2D eigenvalue weighted by atomic mass is 19.4. The van der Waals surface area contributed by atoms with Crippen LogP contribution < -0.4 is 14.2 Å². The minimum atomic E-state index is -4.98. The molecule has 1 atom stereocenters. The van der Waals surface area contributed by atoms with Crippen molar-refractivity contribution in [1.29, 1.82) is 0 Å². The predicted molar refractivity (Wildman–Crippen MR) is 150 cm³/mol. The number of hydrogen-bond acceptors (Lipinski definition) is 7. The van der Waals surface area contributed by atoms with Gasteiger partial charge in [0, 0.05) is 26.2 Å². The molecule has 0 aliphatic rings. The molecule has 1 unspecified atom stereocenters. The molecule has 238 valence electrons. The van der Waals surface area contributed by atoms with Gasteiger partial charge in [-0.15, -0.1) is 13.2 Å². The Kier molecular flexibility index (Phi) is 13.2. The molecule has 0 radical (unpaired) electrons. The Balaban J connectivity index is 1.59. The van der Waals surface area contributed by atoms with Gasteiger partial charge in [-0.3, -0.25) is 0 Å².